The van der Waals surface area contributed by atoms with Crippen molar-refractivity contribution in [2.45, 2.75) is 33.4 Å². The first-order chi connectivity index (χ1) is 9.47. The van der Waals surface area contributed by atoms with Crippen LogP contribution in [0, 0.1) is 13.8 Å². The van der Waals surface area contributed by atoms with E-state index < -0.39 is 0 Å². The van der Waals surface area contributed by atoms with Crippen LogP contribution in [0.25, 0.3) is 0 Å². The van der Waals surface area contributed by atoms with Crippen molar-refractivity contribution in [3.05, 3.63) is 63.7 Å². The van der Waals surface area contributed by atoms with Gasteiger partial charge >= 0.3 is 0 Å². The topological polar surface area (TPSA) is 35.2 Å². The molecular weight excluding hydrogens is 270 g/mol. The highest BCUT2D eigenvalue weighted by Gasteiger charge is 2.09. The number of rotatable bonds is 4. The summed E-state index contributed by atoms with van der Waals surface area (Å²) >= 11 is 6.01. The Kier molecular flexibility index (Phi) is 4.69. The first kappa shape index (κ1) is 14.9. The van der Waals surface area contributed by atoms with Crippen molar-refractivity contribution in [2.24, 2.45) is 5.73 Å². The number of nitrogens with two attached hydrogens (primary N) is 1. The molecule has 0 aliphatic heterocycles. The predicted octanol–water partition coefficient (Wildman–Crippen LogP) is 4.56. The summed E-state index contributed by atoms with van der Waals surface area (Å²) in [6.07, 6.45) is 0. The number of halogens is 1. The molecule has 3 heteroatoms. The molecule has 0 fully saturated rings. The van der Waals surface area contributed by atoms with Crippen molar-refractivity contribution in [3.8, 4) is 5.75 Å². The van der Waals surface area contributed by atoms with Gasteiger partial charge in [0.15, 0.2) is 0 Å². The Labute approximate surface area is 125 Å². The highest BCUT2D eigenvalue weighted by molar-refractivity contribution is 6.30. The smallest absolute Gasteiger partial charge is 0.124 e. The lowest BCUT2D eigenvalue weighted by atomic mass is 10.1. The van der Waals surface area contributed by atoms with Gasteiger partial charge in [0.25, 0.3) is 0 Å². The van der Waals surface area contributed by atoms with E-state index in [9.17, 15) is 0 Å². The van der Waals surface area contributed by atoms with Gasteiger partial charge in [0, 0.05) is 16.6 Å². The second kappa shape index (κ2) is 6.29. The van der Waals surface area contributed by atoms with Crippen LogP contribution in [-0.4, -0.2) is 0 Å². The standard InChI is InChI=1S/C17H20ClNO/c1-11-4-5-14(8-12(11)2)10-20-17-7-6-15(18)9-16(17)13(3)19/h4-9,13H,10,19H2,1-3H3/t13-/m1/s1. The molecule has 20 heavy (non-hydrogen) atoms. The molecule has 2 N–H and O–H groups in total. The fourth-order valence-electron chi connectivity index (χ4n) is 2.06. The molecule has 0 aromatic heterocycles. The third-order valence-corrected chi connectivity index (χ3v) is 3.66. The summed E-state index contributed by atoms with van der Waals surface area (Å²) < 4.78 is 5.90. The van der Waals surface area contributed by atoms with Crippen LogP contribution < -0.4 is 10.5 Å². The molecule has 0 radical (unpaired) electrons. The van der Waals surface area contributed by atoms with E-state index in [4.69, 9.17) is 22.1 Å². The molecule has 1 atom stereocenters. The Morgan fingerprint density at radius 1 is 1.10 bits per heavy atom. The van der Waals surface area contributed by atoms with E-state index in [2.05, 4.69) is 32.0 Å². The summed E-state index contributed by atoms with van der Waals surface area (Å²) in [6.45, 7) is 6.67. The summed E-state index contributed by atoms with van der Waals surface area (Å²) in [5, 5.41) is 0.677. The third-order valence-electron chi connectivity index (χ3n) is 3.43. The van der Waals surface area contributed by atoms with Crippen LogP contribution >= 0.6 is 11.6 Å². The Hall–Kier alpha value is -1.51. The van der Waals surface area contributed by atoms with Gasteiger partial charge in [-0.3, -0.25) is 0 Å². The van der Waals surface area contributed by atoms with Gasteiger partial charge in [-0.15, -0.1) is 0 Å². The average Bonchev–Trinajstić information content (AvgIpc) is 2.41. The zero-order valence-electron chi connectivity index (χ0n) is 12.1. The molecule has 0 heterocycles. The number of hydrogen-bond donors (Lipinski definition) is 1. The average molecular weight is 290 g/mol. The fourth-order valence-corrected chi connectivity index (χ4v) is 2.24. The highest BCUT2D eigenvalue weighted by Crippen LogP contribution is 2.28. The van der Waals surface area contributed by atoms with Gasteiger partial charge in [0.1, 0.15) is 12.4 Å². The van der Waals surface area contributed by atoms with E-state index in [0.717, 1.165) is 16.9 Å². The van der Waals surface area contributed by atoms with Gasteiger partial charge in [-0.25, -0.2) is 0 Å². The predicted molar refractivity (Wildman–Crippen MR) is 84.3 cm³/mol. The third kappa shape index (κ3) is 3.53. The maximum atomic E-state index is 6.01. The molecule has 2 nitrogen and oxygen atoms in total. The van der Waals surface area contributed by atoms with E-state index in [1.807, 2.05) is 25.1 Å². The second-order valence-electron chi connectivity index (χ2n) is 5.18. The minimum absolute atomic E-state index is 0.108. The number of benzene rings is 2. The molecule has 2 aromatic rings. The lowest BCUT2D eigenvalue weighted by molar-refractivity contribution is 0.301. The normalized spacial score (nSPS) is 12.2. The molecule has 0 saturated carbocycles. The number of aryl methyl sites for hydroxylation is 2. The molecule has 2 rings (SSSR count). The van der Waals surface area contributed by atoms with Crippen LogP contribution in [0.3, 0.4) is 0 Å². The Bertz CT molecular complexity index is 608. The van der Waals surface area contributed by atoms with Crippen LogP contribution in [0.15, 0.2) is 36.4 Å². The zero-order valence-corrected chi connectivity index (χ0v) is 12.9. The van der Waals surface area contributed by atoms with Crippen molar-refractivity contribution >= 4 is 11.6 Å². The van der Waals surface area contributed by atoms with E-state index in [0.29, 0.717) is 11.6 Å². The molecule has 0 spiro atoms. The number of ether oxygens (including phenoxy) is 1. The SMILES string of the molecule is Cc1ccc(COc2ccc(Cl)cc2[C@@H](C)N)cc1C. The van der Waals surface area contributed by atoms with Gasteiger partial charge < -0.3 is 10.5 Å². The van der Waals surface area contributed by atoms with Crippen molar-refractivity contribution in [3.63, 3.8) is 0 Å². The molecule has 0 bridgehead atoms. The molecule has 0 saturated heterocycles. The van der Waals surface area contributed by atoms with Gasteiger partial charge in [0.2, 0.25) is 0 Å². The van der Waals surface area contributed by atoms with E-state index >= 15 is 0 Å². The summed E-state index contributed by atoms with van der Waals surface area (Å²) in [5.74, 6) is 0.794. The minimum Gasteiger partial charge on any atom is -0.489 e. The molecule has 106 valence electrons. The van der Waals surface area contributed by atoms with E-state index in [1.165, 1.54) is 11.1 Å². The largest absolute Gasteiger partial charge is 0.489 e. The number of hydrogen-bond acceptors (Lipinski definition) is 2. The monoisotopic (exact) mass is 289 g/mol. The first-order valence-corrected chi connectivity index (χ1v) is 7.09. The van der Waals surface area contributed by atoms with Crippen molar-refractivity contribution < 1.29 is 4.74 Å². The molecule has 0 amide bonds. The summed E-state index contributed by atoms with van der Waals surface area (Å²) in [6, 6.07) is 11.8. The molecule has 0 aliphatic rings. The van der Waals surface area contributed by atoms with Crippen LogP contribution in [-0.2, 0) is 6.61 Å². The Morgan fingerprint density at radius 2 is 1.85 bits per heavy atom. The fraction of sp³-hybridized carbons (Fsp3) is 0.294. The summed E-state index contributed by atoms with van der Waals surface area (Å²) in [5.41, 5.74) is 10.6. The molecular formula is C17H20ClNO. The lowest BCUT2D eigenvalue weighted by Gasteiger charge is -2.15. The highest BCUT2D eigenvalue weighted by atomic mass is 35.5. The zero-order chi connectivity index (χ0) is 14.7. The van der Waals surface area contributed by atoms with Gasteiger partial charge in [-0.05, 0) is 55.7 Å². The maximum absolute atomic E-state index is 6.01. The second-order valence-corrected chi connectivity index (χ2v) is 5.61. The quantitative estimate of drug-likeness (QED) is 0.896. The Balaban J connectivity index is 2.16. The van der Waals surface area contributed by atoms with Crippen LogP contribution in [0.4, 0.5) is 0 Å². The first-order valence-electron chi connectivity index (χ1n) is 6.71. The van der Waals surface area contributed by atoms with Crippen LogP contribution in [0.2, 0.25) is 5.02 Å². The van der Waals surface area contributed by atoms with Gasteiger partial charge in [-0.1, -0.05) is 29.8 Å². The molecule has 0 aliphatic carbocycles. The maximum Gasteiger partial charge on any atom is 0.124 e. The van der Waals surface area contributed by atoms with E-state index in [-0.39, 0.29) is 6.04 Å². The molecule has 0 unspecified atom stereocenters. The van der Waals surface area contributed by atoms with Crippen molar-refractivity contribution in [1.29, 1.82) is 0 Å². The molecule has 2 aromatic carbocycles. The lowest BCUT2D eigenvalue weighted by Crippen LogP contribution is -2.08. The summed E-state index contributed by atoms with van der Waals surface area (Å²) in [4.78, 5) is 0. The summed E-state index contributed by atoms with van der Waals surface area (Å²) in [7, 11) is 0. The van der Waals surface area contributed by atoms with Gasteiger partial charge in [0.05, 0.1) is 0 Å². The van der Waals surface area contributed by atoms with Crippen LogP contribution in [0.1, 0.15) is 35.2 Å². The van der Waals surface area contributed by atoms with E-state index in [1.54, 1.807) is 0 Å². The van der Waals surface area contributed by atoms with Gasteiger partial charge in [-0.2, -0.15) is 0 Å². The van der Waals surface area contributed by atoms with Crippen LogP contribution in [0.5, 0.6) is 5.75 Å². The van der Waals surface area contributed by atoms with Crippen molar-refractivity contribution in [2.75, 3.05) is 0 Å². The Morgan fingerprint density at radius 3 is 2.50 bits per heavy atom. The van der Waals surface area contributed by atoms with Crippen molar-refractivity contribution in [1.82, 2.24) is 0 Å². The minimum atomic E-state index is -0.108.